The van der Waals surface area contributed by atoms with Crippen LogP contribution >= 0.6 is 0 Å². The van der Waals surface area contributed by atoms with E-state index in [1.807, 2.05) is 6.92 Å². The number of hydrogen-bond donors (Lipinski definition) is 1. The third-order valence-electron chi connectivity index (χ3n) is 3.98. The summed E-state index contributed by atoms with van der Waals surface area (Å²) in [5.41, 5.74) is -0.367. The third kappa shape index (κ3) is 3.97. The highest BCUT2D eigenvalue weighted by Gasteiger charge is 2.33. The van der Waals surface area contributed by atoms with Gasteiger partial charge in [0.05, 0.1) is 6.07 Å². The largest absolute Gasteiger partial charge is 0.303 e. The molecule has 0 aromatic heterocycles. The van der Waals surface area contributed by atoms with Gasteiger partial charge in [-0.1, -0.05) is 12.8 Å². The van der Waals surface area contributed by atoms with E-state index >= 15 is 0 Å². The summed E-state index contributed by atoms with van der Waals surface area (Å²) in [6.45, 7) is 4.04. The molecule has 2 rings (SSSR count). The summed E-state index contributed by atoms with van der Waals surface area (Å²) >= 11 is 0. The van der Waals surface area contributed by atoms with Crippen molar-refractivity contribution in [2.45, 2.75) is 57.0 Å². The maximum atomic E-state index is 9.33. The van der Waals surface area contributed by atoms with E-state index in [0.29, 0.717) is 6.04 Å². The summed E-state index contributed by atoms with van der Waals surface area (Å²) in [5, 5.41) is 12.8. The van der Waals surface area contributed by atoms with Crippen LogP contribution in [0.5, 0.6) is 0 Å². The lowest BCUT2D eigenvalue weighted by Gasteiger charge is -2.30. The molecule has 2 aliphatic rings. The lowest BCUT2D eigenvalue weighted by molar-refractivity contribution is 0.226. The number of nitriles is 1. The monoisotopic (exact) mass is 235 g/mol. The molecule has 0 bridgehead atoms. The van der Waals surface area contributed by atoms with E-state index in [-0.39, 0.29) is 5.54 Å². The van der Waals surface area contributed by atoms with Gasteiger partial charge in [-0.15, -0.1) is 0 Å². The van der Waals surface area contributed by atoms with Crippen LogP contribution in [0, 0.1) is 17.2 Å². The van der Waals surface area contributed by atoms with Gasteiger partial charge in [0.25, 0.3) is 0 Å². The van der Waals surface area contributed by atoms with Crippen molar-refractivity contribution in [2.75, 3.05) is 20.1 Å². The Morgan fingerprint density at radius 3 is 2.47 bits per heavy atom. The fourth-order valence-corrected chi connectivity index (χ4v) is 3.03. The van der Waals surface area contributed by atoms with Gasteiger partial charge in [-0.2, -0.15) is 5.26 Å². The first-order valence-corrected chi connectivity index (χ1v) is 6.99. The van der Waals surface area contributed by atoms with E-state index in [2.05, 4.69) is 23.3 Å². The number of nitrogens with one attached hydrogen (secondary N) is 1. The maximum Gasteiger partial charge on any atom is 0.116 e. The predicted octanol–water partition coefficient (Wildman–Crippen LogP) is 2.14. The van der Waals surface area contributed by atoms with E-state index < -0.39 is 0 Å². The molecule has 1 N–H and O–H groups in total. The Balaban J connectivity index is 1.77. The molecule has 3 nitrogen and oxygen atoms in total. The van der Waals surface area contributed by atoms with Crippen molar-refractivity contribution in [3.05, 3.63) is 0 Å². The van der Waals surface area contributed by atoms with E-state index in [0.717, 1.165) is 19.0 Å². The molecule has 0 radical (unpaired) electrons. The molecule has 1 atom stereocenters. The summed E-state index contributed by atoms with van der Waals surface area (Å²) in [5.74, 6) is 0.865. The zero-order valence-corrected chi connectivity index (χ0v) is 11.2. The standard InChI is InChI=1S/C14H25N3/c1-14(10-15,16-13-7-8-13)11-17(2)9-12-5-3-4-6-12/h12-13,16H,3-9,11H2,1-2H3. The fourth-order valence-electron chi connectivity index (χ4n) is 3.03. The molecular weight excluding hydrogens is 210 g/mol. The Morgan fingerprint density at radius 1 is 1.29 bits per heavy atom. The molecule has 0 saturated heterocycles. The average molecular weight is 235 g/mol. The second-order valence-electron chi connectivity index (χ2n) is 6.21. The minimum Gasteiger partial charge on any atom is -0.303 e. The SMILES string of the molecule is CN(CC1CCCC1)CC(C)(C#N)NC1CC1. The second-order valence-corrected chi connectivity index (χ2v) is 6.21. The molecule has 3 heteroatoms. The minimum atomic E-state index is -0.367. The molecule has 0 aromatic carbocycles. The zero-order chi connectivity index (χ0) is 12.3. The first-order valence-electron chi connectivity index (χ1n) is 6.99. The van der Waals surface area contributed by atoms with Crippen molar-refractivity contribution in [3.63, 3.8) is 0 Å². The summed E-state index contributed by atoms with van der Waals surface area (Å²) in [4.78, 5) is 2.34. The van der Waals surface area contributed by atoms with Crippen molar-refractivity contribution < 1.29 is 0 Å². The Bertz CT molecular complexity index is 286. The van der Waals surface area contributed by atoms with E-state index in [1.54, 1.807) is 0 Å². The predicted molar refractivity (Wildman–Crippen MR) is 69.6 cm³/mol. The molecule has 0 amide bonds. The summed E-state index contributed by atoms with van der Waals surface area (Å²) in [7, 11) is 2.16. The molecule has 0 aromatic rings. The van der Waals surface area contributed by atoms with E-state index in [4.69, 9.17) is 0 Å². The van der Waals surface area contributed by atoms with E-state index in [9.17, 15) is 5.26 Å². The molecule has 0 aliphatic heterocycles. The Morgan fingerprint density at radius 2 is 1.94 bits per heavy atom. The van der Waals surface area contributed by atoms with Crippen LogP contribution in [0.15, 0.2) is 0 Å². The van der Waals surface area contributed by atoms with Gasteiger partial charge >= 0.3 is 0 Å². The topological polar surface area (TPSA) is 39.1 Å². The smallest absolute Gasteiger partial charge is 0.116 e. The minimum absolute atomic E-state index is 0.367. The molecule has 2 aliphatic carbocycles. The van der Waals surface area contributed by atoms with Gasteiger partial charge < -0.3 is 4.90 Å². The zero-order valence-electron chi connectivity index (χ0n) is 11.2. The first kappa shape index (κ1) is 12.9. The fraction of sp³-hybridized carbons (Fsp3) is 0.929. The average Bonchev–Trinajstić information content (AvgIpc) is 2.92. The van der Waals surface area contributed by atoms with Crippen LogP contribution in [0.2, 0.25) is 0 Å². The Kier molecular flexibility index (Phi) is 4.06. The maximum absolute atomic E-state index is 9.33. The van der Waals surface area contributed by atoms with Gasteiger partial charge in [-0.3, -0.25) is 5.32 Å². The van der Waals surface area contributed by atoms with Crippen molar-refractivity contribution in [1.29, 1.82) is 5.26 Å². The van der Waals surface area contributed by atoms with Crippen LogP contribution in [0.1, 0.15) is 45.4 Å². The molecule has 0 heterocycles. The lowest BCUT2D eigenvalue weighted by Crippen LogP contribution is -2.51. The van der Waals surface area contributed by atoms with Crippen LogP contribution in [-0.2, 0) is 0 Å². The van der Waals surface area contributed by atoms with Crippen molar-refractivity contribution >= 4 is 0 Å². The van der Waals surface area contributed by atoms with Crippen LogP contribution in [0.3, 0.4) is 0 Å². The summed E-state index contributed by atoms with van der Waals surface area (Å²) < 4.78 is 0. The van der Waals surface area contributed by atoms with Crippen LogP contribution in [-0.4, -0.2) is 36.6 Å². The number of hydrogen-bond acceptors (Lipinski definition) is 3. The van der Waals surface area contributed by atoms with Crippen LogP contribution in [0.4, 0.5) is 0 Å². The van der Waals surface area contributed by atoms with Crippen molar-refractivity contribution in [3.8, 4) is 6.07 Å². The molecule has 1 unspecified atom stereocenters. The number of rotatable bonds is 6. The number of nitrogens with zero attached hydrogens (tertiary/aromatic N) is 2. The summed E-state index contributed by atoms with van der Waals surface area (Å²) in [6.07, 6.45) is 8.03. The molecule has 17 heavy (non-hydrogen) atoms. The van der Waals surface area contributed by atoms with Gasteiger partial charge in [0.1, 0.15) is 5.54 Å². The molecule has 2 saturated carbocycles. The molecule has 2 fully saturated rings. The van der Waals surface area contributed by atoms with Gasteiger partial charge in [0, 0.05) is 19.1 Å². The quantitative estimate of drug-likeness (QED) is 0.766. The Hall–Kier alpha value is -0.590. The highest BCUT2D eigenvalue weighted by molar-refractivity contribution is 5.08. The number of likely N-dealkylation sites (N-methyl/N-ethyl adjacent to an activating group) is 1. The van der Waals surface area contributed by atoms with Crippen molar-refractivity contribution in [1.82, 2.24) is 10.2 Å². The van der Waals surface area contributed by atoms with Gasteiger partial charge in [-0.25, -0.2) is 0 Å². The van der Waals surface area contributed by atoms with Gasteiger partial charge in [-0.05, 0) is 45.6 Å². The Labute approximate surface area is 105 Å². The van der Waals surface area contributed by atoms with Crippen molar-refractivity contribution in [2.24, 2.45) is 5.92 Å². The second kappa shape index (κ2) is 5.37. The van der Waals surface area contributed by atoms with E-state index in [1.165, 1.54) is 38.5 Å². The van der Waals surface area contributed by atoms with Crippen LogP contribution in [0.25, 0.3) is 0 Å². The first-order chi connectivity index (χ1) is 8.11. The highest BCUT2D eigenvalue weighted by Crippen LogP contribution is 2.26. The summed E-state index contributed by atoms with van der Waals surface area (Å²) in [6, 6.07) is 3.05. The highest BCUT2D eigenvalue weighted by atomic mass is 15.2. The molecule has 96 valence electrons. The third-order valence-corrected chi connectivity index (χ3v) is 3.98. The normalized spacial score (nSPS) is 24.8. The molecular formula is C14H25N3. The van der Waals surface area contributed by atoms with Gasteiger partial charge in [0.2, 0.25) is 0 Å². The lowest BCUT2D eigenvalue weighted by atomic mass is 10.0. The van der Waals surface area contributed by atoms with Crippen LogP contribution < -0.4 is 5.32 Å². The van der Waals surface area contributed by atoms with Gasteiger partial charge in [0.15, 0.2) is 0 Å². The molecule has 0 spiro atoms.